The van der Waals surface area contributed by atoms with Gasteiger partial charge in [-0.2, -0.15) is 13.2 Å². The van der Waals surface area contributed by atoms with Gasteiger partial charge in [0.1, 0.15) is 0 Å². The van der Waals surface area contributed by atoms with Gasteiger partial charge in [-0.05, 0) is 25.0 Å². The molecule has 1 heterocycles. The lowest BCUT2D eigenvalue weighted by molar-refractivity contribution is -0.137. The van der Waals surface area contributed by atoms with Crippen LogP contribution in [0.3, 0.4) is 0 Å². The lowest BCUT2D eigenvalue weighted by Gasteiger charge is -2.24. The summed E-state index contributed by atoms with van der Waals surface area (Å²) < 4.78 is 37.1. The Balaban J connectivity index is 3.01. The zero-order chi connectivity index (χ0) is 13.2. The molecular formula is C12H17F3N2. The SMILES string of the molecule is CC(C)C(c1ccc(C(F)(F)F)cn1)C(C)N. The molecule has 1 rings (SSSR count). The third-order valence-corrected chi connectivity index (χ3v) is 2.74. The number of nitrogens with zero attached hydrogens (tertiary/aromatic N) is 1. The van der Waals surface area contributed by atoms with Gasteiger partial charge in [-0.1, -0.05) is 13.8 Å². The van der Waals surface area contributed by atoms with Crippen molar-refractivity contribution in [1.82, 2.24) is 4.98 Å². The minimum atomic E-state index is -4.34. The van der Waals surface area contributed by atoms with E-state index in [1.54, 1.807) is 0 Å². The van der Waals surface area contributed by atoms with Crippen molar-refractivity contribution in [3.05, 3.63) is 29.6 Å². The smallest absolute Gasteiger partial charge is 0.327 e. The molecule has 96 valence electrons. The monoisotopic (exact) mass is 246 g/mol. The molecule has 2 atom stereocenters. The second kappa shape index (κ2) is 5.04. The van der Waals surface area contributed by atoms with Crippen LogP contribution in [0.1, 0.15) is 37.9 Å². The number of nitrogens with two attached hydrogens (primary N) is 1. The summed E-state index contributed by atoms with van der Waals surface area (Å²) in [6.07, 6.45) is -3.47. The molecule has 0 saturated heterocycles. The van der Waals surface area contributed by atoms with Gasteiger partial charge < -0.3 is 5.73 Å². The molecule has 0 bridgehead atoms. The Kier molecular flexibility index (Phi) is 4.14. The van der Waals surface area contributed by atoms with Gasteiger partial charge in [0.25, 0.3) is 0 Å². The van der Waals surface area contributed by atoms with Crippen LogP contribution in [0.5, 0.6) is 0 Å². The molecule has 0 amide bonds. The van der Waals surface area contributed by atoms with Crippen LogP contribution < -0.4 is 5.73 Å². The quantitative estimate of drug-likeness (QED) is 0.889. The minimum Gasteiger partial charge on any atom is -0.327 e. The zero-order valence-electron chi connectivity index (χ0n) is 10.1. The van der Waals surface area contributed by atoms with Gasteiger partial charge >= 0.3 is 6.18 Å². The second-order valence-electron chi connectivity index (χ2n) is 4.60. The minimum absolute atomic E-state index is 0.0303. The van der Waals surface area contributed by atoms with Crippen LogP contribution >= 0.6 is 0 Å². The molecule has 2 unspecified atom stereocenters. The summed E-state index contributed by atoms with van der Waals surface area (Å²) in [6, 6.07) is 2.33. The van der Waals surface area contributed by atoms with Crippen molar-refractivity contribution in [3.63, 3.8) is 0 Å². The van der Waals surface area contributed by atoms with Crippen molar-refractivity contribution in [2.45, 2.75) is 38.9 Å². The third-order valence-electron chi connectivity index (χ3n) is 2.74. The molecule has 0 aromatic carbocycles. The maximum atomic E-state index is 12.4. The van der Waals surface area contributed by atoms with E-state index in [0.29, 0.717) is 5.69 Å². The highest BCUT2D eigenvalue weighted by Crippen LogP contribution is 2.31. The summed E-state index contributed by atoms with van der Waals surface area (Å²) in [4.78, 5) is 3.89. The van der Waals surface area contributed by atoms with Crippen LogP contribution in [0.2, 0.25) is 0 Å². The van der Waals surface area contributed by atoms with Gasteiger partial charge in [0.2, 0.25) is 0 Å². The van der Waals surface area contributed by atoms with E-state index in [2.05, 4.69) is 4.98 Å². The van der Waals surface area contributed by atoms with Crippen molar-refractivity contribution in [2.24, 2.45) is 11.7 Å². The van der Waals surface area contributed by atoms with E-state index in [4.69, 9.17) is 5.73 Å². The Bertz CT molecular complexity index is 347. The fourth-order valence-corrected chi connectivity index (χ4v) is 1.99. The van der Waals surface area contributed by atoms with Gasteiger partial charge in [-0.15, -0.1) is 0 Å². The summed E-state index contributed by atoms with van der Waals surface area (Å²) in [5.74, 6) is 0.205. The van der Waals surface area contributed by atoms with E-state index in [-0.39, 0.29) is 17.9 Å². The molecule has 0 fully saturated rings. The number of hydrogen-bond donors (Lipinski definition) is 1. The molecule has 2 N–H and O–H groups in total. The Morgan fingerprint density at radius 3 is 2.06 bits per heavy atom. The summed E-state index contributed by atoms with van der Waals surface area (Å²) in [5, 5.41) is 0. The molecule has 5 heteroatoms. The summed E-state index contributed by atoms with van der Waals surface area (Å²) in [7, 11) is 0. The maximum absolute atomic E-state index is 12.4. The summed E-state index contributed by atoms with van der Waals surface area (Å²) in [6.45, 7) is 5.80. The van der Waals surface area contributed by atoms with Gasteiger partial charge in [-0.25, -0.2) is 0 Å². The first-order valence-corrected chi connectivity index (χ1v) is 5.52. The van der Waals surface area contributed by atoms with Crippen LogP contribution in [-0.4, -0.2) is 11.0 Å². The number of hydrogen-bond acceptors (Lipinski definition) is 2. The van der Waals surface area contributed by atoms with Crippen LogP contribution in [0.4, 0.5) is 13.2 Å². The van der Waals surface area contributed by atoms with Crippen LogP contribution in [0, 0.1) is 5.92 Å². The lowest BCUT2D eigenvalue weighted by atomic mass is 9.86. The molecule has 2 nitrogen and oxygen atoms in total. The first kappa shape index (κ1) is 14.0. The third kappa shape index (κ3) is 3.43. The van der Waals surface area contributed by atoms with E-state index in [9.17, 15) is 13.2 Å². The molecule has 0 spiro atoms. The average Bonchev–Trinajstić information content (AvgIpc) is 2.15. The van der Waals surface area contributed by atoms with E-state index in [0.717, 1.165) is 12.3 Å². The fourth-order valence-electron chi connectivity index (χ4n) is 1.99. The second-order valence-corrected chi connectivity index (χ2v) is 4.60. The normalized spacial score (nSPS) is 16.0. The Morgan fingerprint density at radius 2 is 1.76 bits per heavy atom. The number of halogens is 3. The number of pyridine rings is 1. The maximum Gasteiger partial charge on any atom is 0.417 e. The van der Waals surface area contributed by atoms with Crippen LogP contribution in [-0.2, 0) is 6.18 Å². The molecular weight excluding hydrogens is 229 g/mol. The standard InChI is InChI=1S/C12H17F3N2/c1-7(2)11(8(3)16)10-5-4-9(6-17-10)12(13,14)15/h4-8,11H,16H2,1-3H3. The molecule has 0 radical (unpaired) electrons. The van der Waals surface area contributed by atoms with Crippen molar-refractivity contribution >= 4 is 0 Å². The first-order chi connectivity index (χ1) is 7.73. The topological polar surface area (TPSA) is 38.9 Å². The van der Waals surface area contributed by atoms with Crippen LogP contribution in [0.25, 0.3) is 0 Å². The number of rotatable bonds is 3. The van der Waals surface area contributed by atoms with E-state index >= 15 is 0 Å². The predicted molar refractivity (Wildman–Crippen MR) is 60.5 cm³/mol. The van der Waals surface area contributed by atoms with Gasteiger partial charge in [0, 0.05) is 23.9 Å². The highest BCUT2D eigenvalue weighted by molar-refractivity contribution is 5.20. The number of alkyl halides is 3. The molecule has 1 aromatic heterocycles. The van der Waals surface area contributed by atoms with Gasteiger partial charge in [-0.3, -0.25) is 4.98 Å². The molecule has 0 aliphatic rings. The fraction of sp³-hybridized carbons (Fsp3) is 0.583. The summed E-state index contributed by atoms with van der Waals surface area (Å²) >= 11 is 0. The average molecular weight is 246 g/mol. The highest BCUT2D eigenvalue weighted by atomic mass is 19.4. The van der Waals surface area contributed by atoms with Crippen molar-refractivity contribution in [2.75, 3.05) is 0 Å². The summed E-state index contributed by atoms with van der Waals surface area (Å²) in [5.41, 5.74) is 5.72. The van der Waals surface area contributed by atoms with Crippen molar-refractivity contribution in [1.29, 1.82) is 0 Å². The van der Waals surface area contributed by atoms with Crippen molar-refractivity contribution in [3.8, 4) is 0 Å². The van der Waals surface area contributed by atoms with E-state index < -0.39 is 11.7 Å². The van der Waals surface area contributed by atoms with Gasteiger partial charge in [0.15, 0.2) is 0 Å². The van der Waals surface area contributed by atoms with E-state index in [1.165, 1.54) is 6.07 Å². The Morgan fingerprint density at radius 1 is 1.18 bits per heavy atom. The predicted octanol–water partition coefficient (Wildman–Crippen LogP) is 3.19. The molecule has 17 heavy (non-hydrogen) atoms. The zero-order valence-corrected chi connectivity index (χ0v) is 10.1. The highest BCUT2D eigenvalue weighted by Gasteiger charge is 2.31. The molecule has 1 aromatic rings. The first-order valence-electron chi connectivity index (χ1n) is 5.52. The lowest BCUT2D eigenvalue weighted by Crippen LogP contribution is -2.29. The van der Waals surface area contributed by atoms with E-state index in [1.807, 2.05) is 20.8 Å². The molecule has 0 saturated carbocycles. The Labute approximate surface area is 99.0 Å². The number of aromatic nitrogens is 1. The molecule has 0 aliphatic carbocycles. The van der Waals surface area contributed by atoms with Crippen LogP contribution in [0.15, 0.2) is 18.3 Å². The van der Waals surface area contributed by atoms with Crippen molar-refractivity contribution < 1.29 is 13.2 Å². The Hall–Kier alpha value is -1.10. The molecule has 0 aliphatic heterocycles. The largest absolute Gasteiger partial charge is 0.417 e. The van der Waals surface area contributed by atoms with Gasteiger partial charge in [0.05, 0.1) is 5.56 Å².